The summed E-state index contributed by atoms with van der Waals surface area (Å²) in [5, 5.41) is 11.2. The zero-order valence-corrected chi connectivity index (χ0v) is 19.9. The number of nitrogens with one attached hydrogen (secondary N) is 3. The van der Waals surface area contributed by atoms with E-state index in [0.717, 1.165) is 23.7 Å². The molecule has 178 valence electrons. The highest BCUT2D eigenvalue weighted by Crippen LogP contribution is 2.31. The number of piperidine rings is 1. The number of H-pyrrole nitrogens is 1. The zero-order chi connectivity index (χ0) is 23.5. The summed E-state index contributed by atoms with van der Waals surface area (Å²) in [6.07, 6.45) is 14.9. The quantitative estimate of drug-likeness (QED) is 0.356. The van der Waals surface area contributed by atoms with Gasteiger partial charge in [-0.2, -0.15) is 0 Å². The smallest absolute Gasteiger partial charge is 0.204 e. The predicted octanol–water partition coefficient (Wildman–Crippen LogP) is 4.37. The van der Waals surface area contributed by atoms with Crippen molar-refractivity contribution in [3.8, 4) is 0 Å². The number of carbonyl (C=O) groups excluding carboxylic acids is 1. The molecule has 2 aliphatic heterocycles. The highest BCUT2D eigenvalue weighted by atomic mass is 16.1. The van der Waals surface area contributed by atoms with Crippen LogP contribution in [0.15, 0.2) is 30.3 Å². The van der Waals surface area contributed by atoms with E-state index in [4.69, 9.17) is 10.2 Å². The fourth-order valence-corrected chi connectivity index (χ4v) is 4.99. The summed E-state index contributed by atoms with van der Waals surface area (Å²) < 4.78 is 0. The third-order valence-corrected chi connectivity index (χ3v) is 6.89. The minimum Gasteiger partial charge on any atom is -0.372 e. The second kappa shape index (κ2) is 13.1. The largest absolute Gasteiger partial charge is 0.372 e. The summed E-state index contributed by atoms with van der Waals surface area (Å²) in [7, 11) is 2.19. The van der Waals surface area contributed by atoms with Gasteiger partial charge in [0.2, 0.25) is 6.41 Å². The van der Waals surface area contributed by atoms with Crippen LogP contribution in [0.2, 0.25) is 0 Å². The van der Waals surface area contributed by atoms with Gasteiger partial charge >= 0.3 is 0 Å². The lowest BCUT2D eigenvalue weighted by molar-refractivity contribution is -0.106. The van der Waals surface area contributed by atoms with Crippen molar-refractivity contribution in [1.29, 1.82) is 5.41 Å². The summed E-state index contributed by atoms with van der Waals surface area (Å²) in [5.41, 5.74) is 10.1. The first-order valence-electron chi connectivity index (χ1n) is 12.2. The molecule has 1 aromatic carbocycles. The Hall–Kier alpha value is -2.70. The number of aryl methyl sites for hydroxylation is 1. The number of rotatable bonds is 8. The number of amides is 1. The molecule has 33 heavy (non-hydrogen) atoms. The van der Waals surface area contributed by atoms with Gasteiger partial charge in [-0.15, -0.1) is 0 Å². The number of primary amides is 1. The highest BCUT2D eigenvalue weighted by Gasteiger charge is 2.24. The number of carbonyl (C=O) groups is 1. The average Bonchev–Trinajstić information content (AvgIpc) is 3.45. The minimum absolute atomic E-state index is 0.250. The van der Waals surface area contributed by atoms with E-state index in [1.807, 2.05) is 0 Å². The highest BCUT2D eigenvalue weighted by molar-refractivity contribution is 5.85. The van der Waals surface area contributed by atoms with Crippen LogP contribution in [0, 0.1) is 11.3 Å². The van der Waals surface area contributed by atoms with Crippen molar-refractivity contribution in [3.63, 3.8) is 0 Å². The molecule has 6 heteroatoms. The molecule has 2 saturated heterocycles. The van der Waals surface area contributed by atoms with Crippen LogP contribution in [0.1, 0.15) is 72.6 Å². The number of likely N-dealkylation sites (tertiary alicyclic amines) is 1. The van der Waals surface area contributed by atoms with E-state index in [-0.39, 0.29) is 6.41 Å². The molecule has 0 bridgehead atoms. The van der Waals surface area contributed by atoms with Gasteiger partial charge in [0.05, 0.1) is 0 Å². The van der Waals surface area contributed by atoms with Gasteiger partial charge in [-0.25, -0.2) is 0 Å². The van der Waals surface area contributed by atoms with Crippen molar-refractivity contribution >= 4 is 24.8 Å². The van der Waals surface area contributed by atoms with Crippen LogP contribution < -0.4 is 11.1 Å². The second-order valence-electron chi connectivity index (χ2n) is 9.17. The maximum absolute atomic E-state index is 8.58. The molecule has 1 amide bonds. The molecule has 1 atom stereocenters. The molecule has 5 N–H and O–H groups in total. The summed E-state index contributed by atoms with van der Waals surface area (Å²) in [5.74, 6) is 0.922. The van der Waals surface area contributed by atoms with E-state index < -0.39 is 0 Å². The Morgan fingerprint density at radius 2 is 1.88 bits per heavy atom. The second-order valence-corrected chi connectivity index (χ2v) is 9.17. The Morgan fingerprint density at radius 3 is 2.52 bits per heavy atom. The lowest BCUT2D eigenvalue weighted by atomic mass is 9.91. The van der Waals surface area contributed by atoms with Gasteiger partial charge in [-0.05, 0) is 94.4 Å². The van der Waals surface area contributed by atoms with Crippen LogP contribution in [-0.4, -0.2) is 49.2 Å². The summed E-state index contributed by atoms with van der Waals surface area (Å²) >= 11 is 0. The molecule has 0 spiro atoms. The molecule has 0 aliphatic carbocycles. The Morgan fingerprint density at radius 1 is 1.15 bits per heavy atom. The molecule has 1 aromatic heterocycles. The van der Waals surface area contributed by atoms with E-state index in [2.05, 4.69) is 70.5 Å². The number of nitrogens with two attached hydrogens (primary N) is 1. The first-order chi connectivity index (χ1) is 16.1. The maximum atomic E-state index is 8.58. The van der Waals surface area contributed by atoms with Gasteiger partial charge in [-0.1, -0.05) is 36.8 Å². The molecule has 0 radical (unpaired) electrons. The van der Waals surface area contributed by atoms with Crippen molar-refractivity contribution in [3.05, 3.63) is 58.4 Å². The Bertz CT molecular complexity index is 896. The lowest BCUT2D eigenvalue weighted by Crippen LogP contribution is -2.27. The molecule has 2 fully saturated rings. The van der Waals surface area contributed by atoms with E-state index in [1.54, 1.807) is 0 Å². The number of hydrogen-bond donors (Lipinski definition) is 4. The molecule has 4 rings (SSSR count). The topological polar surface area (TPSA) is 98.0 Å². The monoisotopic (exact) mass is 449 g/mol. The van der Waals surface area contributed by atoms with Gasteiger partial charge in [-0.3, -0.25) is 9.69 Å². The van der Waals surface area contributed by atoms with Crippen molar-refractivity contribution in [2.45, 2.75) is 51.0 Å². The number of aromatic nitrogens is 1. The van der Waals surface area contributed by atoms with Crippen LogP contribution in [0.25, 0.3) is 12.2 Å². The Balaban J connectivity index is 0.000000968. The molecular weight excluding hydrogens is 410 g/mol. The van der Waals surface area contributed by atoms with Gasteiger partial charge in [0.15, 0.2) is 0 Å². The fourth-order valence-electron chi connectivity index (χ4n) is 4.99. The zero-order valence-electron chi connectivity index (χ0n) is 19.9. The van der Waals surface area contributed by atoms with Gasteiger partial charge in [0.25, 0.3) is 0 Å². The Labute approximate surface area is 198 Å². The molecule has 0 saturated carbocycles. The third-order valence-electron chi connectivity index (χ3n) is 6.89. The standard InChI is InChI=1S/C26H36N4.CH3NO/c1-30-17-3-6-26(30)25-18-23(19-27)24(29-25)12-11-22-9-7-20(8-10-22)4-2-5-21-13-15-28-16-14-21;2-1-3/h7-12,18-19,21,26-29H,2-6,13-17H2,1H3;1H,(H2,2,3)/b12-11+,27-19?;. The molecule has 1 unspecified atom stereocenters. The Kier molecular flexibility index (Phi) is 9.91. The summed E-state index contributed by atoms with van der Waals surface area (Å²) in [4.78, 5) is 14.5. The van der Waals surface area contributed by atoms with E-state index in [1.165, 1.54) is 81.1 Å². The van der Waals surface area contributed by atoms with Crippen molar-refractivity contribution in [2.24, 2.45) is 11.7 Å². The van der Waals surface area contributed by atoms with Gasteiger partial charge in [0, 0.05) is 29.2 Å². The van der Waals surface area contributed by atoms with Crippen LogP contribution in [0.4, 0.5) is 0 Å². The minimum atomic E-state index is 0.250. The number of nitrogens with zero attached hydrogens (tertiary/aromatic N) is 1. The summed E-state index contributed by atoms with van der Waals surface area (Å²) in [6, 6.07) is 11.6. The van der Waals surface area contributed by atoms with Gasteiger partial charge < -0.3 is 21.4 Å². The van der Waals surface area contributed by atoms with E-state index in [9.17, 15) is 0 Å². The fraction of sp³-hybridized carbons (Fsp3) is 0.481. The van der Waals surface area contributed by atoms with E-state index >= 15 is 0 Å². The summed E-state index contributed by atoms with van der Waals surface area (Å²) in [6.45, 7) is 3.55. The number of hydrogen-bond acceptors (Lipinski definition) is 4. The third kappa shape index (κ3) is 7.41. The average molecular weight is 450 g/mol. The number of benzene rings is 1. The van der Waals surface area contributed by atoms with Crippen molar-refractivity contribution in [1.82, 2.24) is 15.2 Å². The van der Waals surface area contributed by atoms with E-state index in [0.29, 0.717) is 6.04 Å². The normalized spacial score (nSPS) is 19.4. The van der Waals surface area contributed by atoms with Crippen LogP contribution in [-0.2, 0) is 11.2 Å². The molecular formula is C27H39N5O. The van der Waals surface area contributed by atoms with Crippen molar-refractivity contribution in [2.75, 3.05) is 26.7 Å². The van der Waals surface area contributed by atoms with Crippen LogP contribution >= 0.6 is 0 Å². The van der Waals surface area contributed by atoms with Crippen LogP contribution in [0.3, 0.4) is 0 Å². The SMILES string of the molecule is CN1CCCC1c1cc(C=N)c(/C=C/c2ccc(CCCC3CCNCC3)cc2)[nH]1.NC=O. The maximum Gasteiger partial charge on any atom is 0.204 e. The first kappa shape index (κ1) is 24.9. The van der Waals surface area contributed by atoms with Gasteiger partial charge in [0.1, 0.15) is 0 Å². The lowest BCUT2D eigenvalue weighted by Gasteiger charge is -2.22. The molecule has 6 nitrogen and oxygen atoms in total. The first-order valence-corrected chi connectivity index (χ1v) is 12.2. The molecule has 2 aliphatic rings. The molecule has 3 heterocycles. The van der Waals surface area contributed by atoms with Crippen molar-refractivity contribution < 1.29 is 4.79 Å². The number of aromatic amines is 1. The van der Waals surface area contributed by atoms with Crippen LogP contribution in [0.5, 0.6) is 0 Å². The predicted molar refractivity (Wildman–Crippen MR) is 137 cm³/mol. The molecule has 2 aromatic rings.